The summed E-state index contributed by atoms with van der Waals surface area (Å²) >= 11 is 0. The van der Waals surface area contributed by atoms with Crippen molar-refractivity contribution in [1.82, 2.24) is 10.2 Å². The molecule has 0 unspecified atom stereocenters. The number of carbonyl (C=O) groups excluding carboxylic acids is 1. The minimum Gasteiger partial charge on any atom is -0.369 e. The van der Waals surface area contributed by atoms with Gasteiger partial charge in [-0.2, -0.15) is 0 Å². The van der Waals surface area contributed by atoms with Gasteiger partial charge in [0.25, 0.3) is 5.91 Å². The van der Waals surface area contributed by atoms with E-state index in [4.69, 9.17) is 0 Å². The summed E-state index contributed by atoms with van der Waals surface area (Å²) in [6.45, 7) is 0.776. The molecule has 1 aromatic heterocycles. The summed E-state index contributed by atoms with van der Waals surface area (Å²) in [6, 6.07) is 19.2. The molecule has 1 amide bonds. The van der Waals surface area contributed by atoms with Crippen molar-refractivity contribution in [2.24, 2.45) is 0 Å². The molecule has 0 bridgehead atoms. The van der Waals surface area contributed by atoms with Gasteiger partial charge in [0.15, 0.2) is 5.82 Å². The lowest BCUT2D eigenvalue weighted by molar-refractivity contribution is 0.102. The molecule has 0 radical (unpaired) electrons. The lowest BCUT2D eigenvalue weighted by Crippen LogP contribution is -2.14. The largest absolute Gasteiger partial charge is 0.369 e. The van der Waals surface area contributed by atoms with Crippen LogP contribution in [0.25, 0.3) is 0 Å². The summed E-state index contributed by atoms with van der Waals surface area (Å²) in [6.07, 6.45) is 1.97. The van der Waals surface area contributed by atoms with Crippen LogP contribution < -0.4 is 10.6 Å². The van der Waals surface area contributed by atoms with Crippen LogP contribution in [0.4, 0.5) is 16.0 Å². The molecule has 2 aromatic carbocycles. The van der Waals surface area contributed by atoms with Crippen LogP contribution in [0.15, 0.2) is 66.7 Å². The molecule has 132 valence electrons. The number of hydrogen-bond acceptors (Lipinski definition) is 4. The Kier molecular flexibility index (Phi) is 5.88. The number of nitrogens with one attached hydrogen (secondary N) is 2. The summed E-state index contributed by atoms with van der Waals surface area (Å²) in [7, 11) is 0. The Morgan fingerprint density at radius 2 is 1.69 bits per heavy atom. The second-order valence-electron chi connectivity index (χ2n) is 5.78. The molecule has 0 atom stereocenters. The zero-order valence-corrected chi connectivity index (χ0v) is 14.2. The Labute approximate surface area is 151 Å². The van der Waals surface area contributed by atoms with Gasteiger partial charge >= 0.3 is 0 Å². The SMILES string of the molecule is O=C(Nc1ccc(NCCCc2ccccc2)nn1)c1cccc(F)c1. The normalized spacial score (nSPS) is 10.3. The number of hydrogen-bond donors (Lipinski definition) is 2. The van der Waals surface area contributed by atoms with Crippen molar-refractivity contribution in [3.63, 3.8) is 0 Å². The van der Waals surface area contributed by atoms with Crippen LogP contribution in [-0.4, -0.2) is 22.6 Å². The summed E-state index contributed by atoms with van der Waals surface area (Å²) in [5, 5.41) is 13.8. The smallest absolute Gasteiger partial charge is 0.256 e. The van der Waals surface area contributed by atoms with Crippen LogP contribution in [0.3, 0.4) is 0 Å². The number of amides is 1. The average molecular weight is 350 g/mol. The maximum atomic E-state index is 13.2. The van der Waals surface area contributed by atoms with Crippen LogP contribution in [-0.2, 0) is 6.42 Å². The Hall–Kier alpha value is -3.28. The Morgan fingerprint density at radius 1 is 0.923 bits per heavy atom. The van der Waals surface area contributed by atoms with E-state index in [-0.39, 0.29) is 5.56 Å². The highest BCUT2D eigenvalue weighted by Gasteiger charge is 2.08. The molecular weight excluding hydrogens is 331 g/mol. The molecule has 3 aromatic rings. The molecule has 6 heteroatoms. The van der Waals surface area contributed by atoms with Gasteiger partial charge in [0.2, 0.25) is 0 Å². The summed E-state index contributed by atoms with van der Waals surface area (Å²) in [5.74, 6) is 0.0667. The van der Waals surface area contributed by atoms with Gasteiger partial charge in [0.05, 0.1) is 0 Å². The monoisotopic (exact) mass is 350 g/mol. The predicted octanol–water partition coefficient (Wildman–Crippen LogP) is 3.91. The van der Waals surface area contributed by atoms with E-state index >= 15 is 0 Å². The number of carbonyl (C=O) groups is 1. The van der Waals surface area contributed by atoms with Crippen LogP contribution in [0.5, 0.6) is 0 Å². The highest BCUT2D eigenvalue weighted by molar-refractivity contribution is 6.03. The Balaban J connectivity index is 1.46. The first-order valence-corrected chi connectivity index (χ1v) is 8.39. The van der Waals surface area contributed by atoms with Crippen LogP contribution >= 0.6 is 0 Å². The topological polar surface area (TPSA) is 66.9 Å². The highest BCUT2D eigenvalue weighted by atomic mass is 19.1. The molecule has 5 nitrogen and oxygen atoms in total. The first-order chi connectivity index (χ1) is 12.7. The quantitative estimate of drug-likeness (QED) is 0.634. The number of nitrogens with zero attached hydrogens (tertiary/aromatic N) is 2. The minimum absolute atomic E-state index is 0.231. The molecule has 0 aliphatic heterocycles. The first-order valence-electron chi connectivity index (χ1n) is 8.39. The number of anilines is 2. The van der Waals surface area contributed by atoms with Gasteiger partial charge in [-0.3, -0.25) is 4.79 Å². The molecule has 3 rings (SSSR count). The van der Waals surface area contributed by atoms with E-state index in [1.807, 2.05) is 18.2 Å². The van der Waals surface area contributed by atoms with Crippen molar-refractivity contribution in [3.8, 4) is 0 Å². The lowest BCUT2D eigenvalue weighted by atomic mass is 10.1. The van der Waals surface area contributed by atoms with Gasteiger partial charge < -0.3 is 10.6 Å². The molecule has 0 spiro atoms. The van der Waals surface area contributed by atoms with Crippen LogP contribution in [0, 0.1) is 5.82 Å². The second-order valence-corrected chi connectivity index (χ2v) is 5.78. The van der Waals surface area contributed by atoms with Crippen molar-refractivity contribution >= 4 is 17.5 Å². The molecule has 0 aliphatic rings. The van der Waals surface area contributed by atoms with Crippen molar-refractivity contribution in [1.29, 1.82) is 0 Å². The maximum Gasteiger partial charge on any atom is 0.256 e. The molecule has 0 fully saturated rings. The Morgan fingerprint density at radius 3 is 2.42 bits per heavy atom. The third-order valence-corrected chi connectivity index (χ3v) is 3.78. The number of halogens is 1. The number of benzene rings is 2. The zero-order valence-electron chi connectivity index (χ0n) is 14.2. The summed E-state index contributed by atoms with van der Waals surface area (Å²) < 4.78 is 13.2. The van der Waals surface area contributed by atoms with Gasteiger partial charge in [0.1, 0.15) is 11.6 Å². The van der Waals surface area contributed by atoms with E-state index in [9.17, 15) is 9.18 Å². The van der Waals surface area contributed by atoms with Gasteiger partial charge in [-0.1, -0.05) is 36.4 Å². The number of rotatable bonds is 7. The number of aromatic nitrogens is 2. The average Bonchev–Trinajstić information content (AvgIpc) is 2.67. The van der Waals surface area contributed by atoms with Crippen LogP contribution in [0.2, 0.25) is 0 Å². The van der Waals surface area contributed by atoms with E-state index < -0.39 is 11.7 Å². The van der Waals surface area contributed by atoms with Crippen molar-refractivity contribution < 1.29 is 9.18 Å². The summed E-state index contributed by atoms with van der Waals surface area (Å²) in [4.78, 5) is 12.0. The van der Waals surface area contributed by atoms with E-state index in [0.29, 0.717) is 11.6 Å². The first kappa shape index (κ1) is 17.5. The molecule has 26 heavy (non-hydrogen) atoms. The van der Waals surface area contributed by atoms with Crippen molar-refractivity contribution in [3.05, 3.63) is 83.7 Å². The van der Waals surface area contributed by atoms with Gasteiger partial charge in [-0.25, -0.2) is 4.39 Å². The van der Waals surface area contributed by atoms with Crippen molar-refractivity contribution in [2.75, 3.05) is 17.2 Å². The molecule has 1 heterocycles. The van der Waals surface area contributed by atoms with Gasteiger partial charge in [-0.15, -0.1) is 10.2 Å². The minimum atomic E-state index is -0.459. The van der Waals surface area contributed by atoms with E-state index in [1.54, 1.807) is 12.1 Å². The third kappa shape index (κ3) is 5.11. The summed E-state index contributed by atoms with van der Waals surface area (Å²) in [5.41, 5.74) is 1.53. The fraction of sp³-hybridized carbons (Fsp3) is 0.150. The molecule has 0 saturated heterocycles. The fourth-order valence-electron chi connectivity index (χ4n) is 2.47. The number of aryl methyl sites for hydroxylation is 1. The van der Waals surface area contributed by atoms with E-state index in [1.165, 1.54) is 29.8 Å². The van der Waals surface area contributed by atoms with E-state index in [2.05, 4.69) is 33.0 Å². The molecule has 0 saturated carbocycles. The van der Waals surface area contributed by atoms with Crippen molar-refractivity contribution in [2.45, 2.75) is 12.8 Å². The molecule has 2 N–H and O–H groups in total. The lowest BCUT2D eigenvalue weighted by Gasteiger charge is -2.07. The maximum absolute atomic E-state index is 13.2. The van der Waals surface area contributed by atoms with E-state index in [0.717, 1.165) is 19.4 Å². The molecular formula is C20H19FN4O. The predicted molar refractivity (Wildman–Crippen MR) is 99.6 cm³/mol. The Bertz CT molecular complexity index is 853. The fourth-order valence-corrected chi connectivity index (χ4v) is 2.47. The van der Waals surface area contributed by atoms with Crippen LogP contribution in [0.1, 0.15) is 22.3 Å². The standard InChI is InChI=1S/C20H19FN4O/c21-17-10-4-9-16(14-17)20(26)23-19-12-11-18(24-25-19)22-13-5-8-15-6-2-1-3-7-15/h1-4,6-7,9-12,14H,5,8,13H2,(H,22,24)(H,23,25,26). The second kappa shape index (κ2) is 8.71. The van der Waals surface area contributed by atoms with Gasteiger partial charge in [-0.05, 0) is 48.7 Å². The third-order valence-electron chi connectivity index (χ3n) is 3.78. The highest BCUT2D eigenvalue weighted by Crippen LogP contribution is 2.10. The zero-order chi connectivity index (χ0) is 18.2. The molecule has 0 aliphatic carbocycles. The van der Waals surface area contributed by atoms with Gasteiger partial charge in [0, 0.05) is 12.1 Å².